The van der Waals surface area contributed by atoms with Crippen LogP contribution >= 0.6 is 11.8 Å². The van der Waals surface area contributed by atoms with Crippen molar-refractivity contribution in [3.8, 4) is 6.07 Å². The van der Waals surface area contributed by atoms with Crippen molar-refractivity contribution < 1.29 is 0 Å². The van der Waals surface area contributed by atoms with E-state index in [0.29, 0.717) is 5.92 Å². The maximum Gasteiger partial charge on any atom is 0.0689 e. The molecule has 0 aromatic heterocycles. The number of thioether (sulfide) groups is 1. The molecule has 1 unspecified atom stereocenters. The van der Waals surface area contributed by atoms with Crippen molar-refractivity contribution in [3.63, 3.8) is 0 Å². The molecular formula is C19H25NS. The highest BCUT2D eigenvalue weighted by Crippen LogP contribution is 2.50. The summed E-state index contributed by atoms with van der Waals surface area (Å²) in [5, 5.41) is 9.81. The molecular weight excluding hydrogens is 274 g/mol. The normalized spacial score (nSPS) is 31.6. The quantitative estimate of drug-likeness (QED) is 0.705. The molecule has 1 heterocycles. The molecule has 21 heavy (non-hydrogen) atoms. The SMILES string of the molecule is CCCC1CCC(C#N)(CC2CSc3ccccc32)CC1. The molecule has 0 N–H and O–H groups in total. The summed E-state index contributed by atoms with van der Waals surface area (Å²) in [6.45, 7) is 2.28. The molecule has 112 valence electrons. The Balaban J connectivity index is 1.68. The molecule has 0 saturated heterocycles. The molecule has 1 aliphatic carbocycles. The predicted molar refractivity (Wildman–Crippen MR) is 89.4 cm³/mol. The van der Waals surface area contributed by atoms with Gasteiger partial charge in [-0.1, -0.05) is 38.0 Å². The first-order valence-corrected chi connectivity index (χ1v) is 9.38. The van der Waals surface area contributed by atoms with Crippen LogP contribution in [-0.4, -0.2) is 5.75 Å². The van der Waals surface area contributed by atoms with Gasteiger partial charge in [0.15, 0.2) is 0 Å². The summed E-state index contributed by atoms with van der Waals surface area (Å²) in [6.07, 6.45) is 8.49. The molecule has 1 nitrogen and oxygen atoms in total. The lowest BCUT2D eigenvalue weighted by atomic mass is 9.66. The molecule has 1 aliphatic heterocycles. The molecule has 2 aliphatic rings. The minimum absolute atomic E-state index is 0.0487. The van der Waals surface area contributed by atoms with E-state index in [0.717, 1.165) is 25.2 Å². The number of nitriles is 1. The zero-order valence-electron chi connectivity index (χ0n) is 13.0. The van der Waals surface area contributed by atoms with E-state index >= 15 is 0 Å². The zero-order valence-corrected chi connectivity index (χ0v) is 13.8. The second-order valence-corrected chi connectivity index (χ2v) is 7.94. The van der Waals surface area contributed by atoms with Crippen molar-refractivity contribution in [2.75, 3.05) is 5.75 Å². The van der Waals surface area contributed by atoms with Crippen LogP contribution in [0.4, 0.5) is 0 Å². The lowest BCUT2D eigenvalue weighted by Crippen LogP contribution is -2.28. The molecule has 1 aromatic carbocycles. The average Bonchev–Trinajstić information content (AvgIpc) is 2.93. The molecule has 2 heteroatoms. The smallest absolute Gasteiger partial charge is 0.0689 e. The first-order chi connectivity index (χ1) is 10.3. The van der Waals surface area contributed by atoms with Gasteiger partial charge in [0.1, 0.15) is 0 Å². The number of rotatable bonds is 4. The van der Waals surface area contributed by atoms with Crippen LogP contribution in [-0.2, 0) is 0 Å². The molecule has 0 spiro atoms. The fraction of sp³-hybridized carbons (Fsp3) is 0.632. The summed E-state index contributed by atoms with van der Waals surface area (Å²) in [5.74, 6) is 2.64. The van der Waals surface area contributed by atoms with E-state index < -0.39 is 0 Å². The van der Waals surface area contributed by atoms with Gasteiger partial charge in [0, 0.05) is 10.6 Å². The number of benzene rings is 1. The highest BCUT2D eigenvalue weighted by molar-refractivity contribution is 7.99. The molecule has 1 aromatic rings. The second-order valence-electron chi connectivity index (χ2n) is 6.87. The van der Waals surface area contributed by atoms with Crippen molar-refractivity contribution >= 4 is 11.8 Å². The molecule has 1 fully saturated rings. The van der Waals surface area contributed by atoms with Crippen molar-refractivity contribution in [3.05, 3.63) is 29.8 Å². The van der Waals surface area contributed by atoms with Gasteiger partial charge in [-0.15, -0.1) is 11.8 Å². The third kappa shape index (κ3) is 3.14. The van der Waals surface area contributed by atoms with Crippen LogP contribution in [0.2, 0.25) is 0 Å². The lowest BCUT2D eigenvalue weighted by molar-refractivity contribution is 0.182. The van der Waals surface area contributed by atoms with E-state index in [1.165, 1.54) is 41.9 Å². The Bertz CT molecular complexity index is 523. The number of hydrogen-bond donors (Lipinski definition) is 0. The maximum atomic E-state index is 9.81. The Hall–Kier alpha value is -0.940. The van der Waals surface area contributed by atoms with Gasteiger partial charge in [0.25, 0.3) is 0 Å². The Morgan fingerprint density at radius 1 is 1.29 bits per heavy atom. The van der Waals surface area contributed by atoms with Gasteiger partial charge in [0.05, 0.1) is 11.5 Å². The third-order valence-corrected chi connectivity index (χ3v) is 6.68. The van der Waals surface area contributed by atoms with Gasteiger partial charge >= 0.3 is 0 Å². The summed E-state index contributed by atoms with van der Waals surface area (Å²) in [4.78, 5) is 1.44. The van der Waals surface area contributed by atoms with Gasteiger partial charge in [-0.2, -0.15) is 5.26 Å². The van der Waals surface area contributed by atoms with Crippen LogP contribution in [0.15, 0.2) is 29.2 Å². The zero-order chi connectivity index (χ0) is 14.7. The molecule has 0 amide bonds. The molecule has 3 rings (SSSR count). The Morgan fingerprint density at radius 2 is 2.05 bits per heavy atom. The Morgan fingerprint density at radius 3 is 2.76 bits per heavy atom. The largest absolute Gasteiger partial charge is 0.198 e. The van der Waals surface area contributed by atoms with Gasteiger partial charge in [0.2, 0.25) is 0 Å². The van der Waals surface area contributed by atoms with Crippen LogP contribution in [0, 0.1) is 22.7 Å². The summed E-state index contributed by atoms with van der Waals surface area (Å²) in [7, 11) is 0. The number of nitrogens with zero attached hydrogens (tertiary/aromatic N) is 1. The fourth-order valence-corrected chi connectivity index (χ4v) is 5.41. The van der Waals surface area contributed by atoms with E-state index in [-0.39, 0.29) is 5.41 Å². The predicted octanol–water partition coefficient (Wildman–Crippen LogP) is 5.77. The van der Waals surface area contributed by atoms with Gasteiger partial charge < -0.3 is 0 Å². The van der Waals surface area contributed by atoms with Crippen molar-refractivity contribution in [1.29, 1.82) is 5.26 Å². The second kappa shape index (κ2) is 6.44. The topological polar surface area (TPSA) is 23.8 Å². The van der Waals surface area contributed by atoms with Crippen LogP contribution < -0.4 is 0 Å². The maximum absolute atomic E-state index is 9.81. The van der Waals surface area contributed by atoms with Crippen LogP contribution in [0.5, 0.6) is 0 Å². The lowest BCUT2D eigenvalue weighted by Gasteiger charge is -2.36. The summed E-state index contributed by atoms with van der Waals surface area (Å²) >= 11 is 1.97. The average molecular weight is 299 g/mol. The van der Waals surface area contributed by atoms with Crippen LogP contribution in [0.1, 0.15) is 63.4 Å². The number of hydrogen-bond acceptors (Lipinski definition) is 2. The van der Waals surface area contributed by atoms with E-state index in [2.05, 4.69) is 37.3 Å². The van der Waals surface area contributed by atoms with Crippen LogP contribution in [0.25, 0.3) is 0 Å². The molecule has 0 radical (unpaired) electrons. The van der Waals surface area contributed by atoms with Crippen molar-refractivity contribution in [1.82, 2.24) is 0 Å². The highest BCUT2D eigenvalue weighted by atomic mass is 32.2. The molecule has 0 bridgehead atoms. The Kier molecular flexibility index (Phi) is 4.60. The summed E-state index contributed by atoms with van der Waals surface area (Å²) in [5.41, 5.74) is 1.44. The highest BCUT2D eigenvalue weighted by Gasteiger charge is 2.39. The van der Waals surface area contributed by atoms with E-state index in [1.807, 2.05) is 11.8 Å². The van der Waals surface area contributed by atoms with Gasteiger partial charge in [-0.25, -0.2) is 0 Å². The number of fused-ring (bicyclic) bond motifs is 1. The van der Waals surface area contributed by atoms with E-state index in [1.54, 1.807) is 0 Å². The van der Waals surface area contributed by atoms with E-state index in [4.69, 9.17) is 0 Å². The minimum Gasteiger partial charge on any atom is -0.198 e. The standard InChI is InChI=1S/C19H25NS/c1-2-5-15-8-10-19(14-20,11-9-15)12-16-13-21-18-7-4-3-6-17(16)18/h3-4,6-7,15-16H,2,5,8-13H2,1H3. The van der Waals surface area contributed by atoms with Crippen molar-refractivity contribution in [2.45, 2.75) is 62.7 Å². The monoisotopic (exact) mass is 299 g/mol. The Labute approximate surface area is 133 Å². The third-order valence-electron chi connectivity index (χ3n) is 5.43. The summed E-state index contributed by atoms with van der Waals surface area (Å²) in [6, 6.07) is 11.5. The molecule has 1 saturated carbocycles. The van der Waals surface area contributed by atoms with E-state index in [9.17, 15) is 5.26 Å². The first-order valence-electron chi connectivity index (χ1n) is 8.39. The molecule has 1 atom stereocenters. The van der Waals surface area contributed by atoms with Gasteiger partial charge in [-0.3, -0.25) is 0 Å². The van der Waals surface area contributed by atoms with Crippen molar-refractivity contribution in [2.24, 2.45) is 11.3 Å². The minimum atomic E-state index is -0.0487. The fourth-order valence-electron chi connectivity index (χ4n) is 4.16. The van der Waals surface area contributed by atoms with Gasteiger partial charge in [-0.05, 0) is 55.6 Å². The first kappa shape index (κ1) is 15.0. The summed E-state index contributed by atoms with van der Waals surface area (Å²) < 4.78 is 0. The van der Waals surface area contributed by atoms with Crippen LogP contribution in [0.3, 0.4) is 0 Å².